The van der Waals surface area contributed by atoms with Gasteiger partial charge in [-0.3, -0.25) is 23.6 Å². The van der Waals surface area contributed by atoms with Gasteiger partial charge >= 0.3 is 5.69 Å². The van der Waals surface area contributed by atoms with Gasteiger partial charge in [-0.2, -0.15) is 0 Å². The Labute approximate surface area is 171 Å². The summed E-state index contributed by atoms with van der Waals surface area (Å²) in [6, 6.07) is 14.7. The third kappa shape index (κ3) is 3.58. The lowest BCUT2D eigenvalue weighted by Crippen LogP contribution is -2.32. The van der Waals surface area contributed by atoms with E-state index in [0.717, 1.165) is 28.4 Å². The molecular formula is C21H19N3O4S. The van der Waals surface area contributed by atoms with E-state index >= 15 is 0 Å². The van der Waals surface area contributed by atoms with Crippen LogP contribution in [-0.2, 0) is 18.9 Å². The van der Waals surface area contributed by atoms with Gasteiger partial charge in [-0.05, 0) is 47.7 Å². The molecule has 1 aliphatic rings. The van der Waals surface area contributed by atoms with Gasteiger partial charge in [-0.25, -0.2) is 4.79 Å². The van der Waals surface area contributed by atoms with Crippen LogP contribution in [0.15, 0.2) is 58.2 Å². The molecule has 1 aromatic heterocycles. The number of thioether (sulfide) groups is 1. The minimum absolute atomic E-state index is 0.115. The van der Waals surface area contributed by atoms with Gasteiger partial charge < -0.3 is 4.74 Å². The molecule has 2 amide bonds. The number of fused-ring (bicyclic) bond motifs is 1. The number of carbonyl (C=O) groups excluding carboxylic acids is 2. The highest BCUT2D eigenvalue weighted by atomic mass is 32.2. The van der Waals surface area contributed by atoms with Crippen LogP contribution in [0, 0.1) is 0 Å². The Morgan fingerprint density at radius 3 is 2.45 bits per heavy atom. The summed E-state index contributed by atoms with van der Waals surface area (Å²) < 4.78 is 8.71. The number of ether oxygens (including phenoxy) is 1. The number of rotatable bonds is 5. The van der Waals surface area contributed by atoms with Crippen molar-refractivity contribution in [2.75, 3.05) is 13.2 Å². The van der Waals surface area contributed by atoms with Gasteiger partial charge in [0.2, 0.25) is 0 Å². The maximum atomic E-state index is 12.7. The van der Waals surface area contributed by atoms with Crippen molar-refractivity contribution in [2.24, 2.45) is 14.1 Å². The monoisotopic (exact) mass is 409 g/mol. The number of nitrogens with zero attached hydrogens (tertiary/aromatic N) is 3. The van der Waals surface area contributed by atoms with Gasteiger partial charge in [0.1, 0.15) is 12.4 Å². The second kappa shape index (κ2) is 7.63. The molecule has 0 unspecified atom stereocenters. The summed E-state index contributed by atoms with van der Waals surface area (Å²) in [5.41, 5.74) is 2.21. The third-order valence-corrected chi connectivity index (χ3v) is 5.70. The zero-order valence-corrected chi connectivity index (χ0v) is 16.8. The van der Waals surface area contributed by atoms with Crippen LogP contribution in [0.25, 0.3) is 17.1 Å². The maximum Gasteiger partial charge on any atom is 0.328 e. The number of hydrogen-bond donors (Lipinski definition) is 0. The molecule has 2 aromatic carbocycles. The number of aromatic nitrogens is 2. The molecule has 148 valence electrons. The lowest BCUT2D eigenvalue weighted by molar-refractivity contribution is -0.123. The van der Waals surface area contributed by atoms with Crippen LogP contribution in [0.4, 0.5) is 4.79 Å². The van der Waals surface area contributed by atoms with Crippen molar-refractivity contribution < 1.29 is 14.3 Å². The molecule has 0 bridgehead atoms. The Kier molecular flexibility index (Phi) is 5.02. The lowest BCUT2D eigenvalue weighted by Gasteiger charge is -2.13. The lowest BCUT2D eigenvalue weighted by atomic mass is 10.2. The van der Waals surface area contributed by atoms with Gasteiger partial charge in [0.05, 0.1) is 22.5 Å². The summed E-state index contributed by atoms with van der Waals surface area (Å²) in [6.07, 6.45) is 1.68. The molecule has 4 rings (SSSR count). The first-order chi connectivity index (χ1) is 14.0. The Morgan fingerprint density at radius 1 is 0.966 bits per heavy atom. The van der Waals surface area contributed by atoms with Crippen molar-refractivity contribution in [2.45, 2.75) is 0 Å². The number of aryl methyl sites for hydroxylation is 2. The van der Waals surface area contributed by atoms with E-state index in [1.165, 1.54) is 4.90 Å². The van der Waals surface area contributed by atoms with Crippen LogP contribution in [0.3, 0.4) is 0 Å². The van der Waals surface area contributed by atoms with E-state index in [9.17, 15) is 14.4 Å². The zero-order chi connectivity index (χ0) is 20.5. The van der Waals surface area contributed by atoms with Gasteiger partial charge in [-0.1, -0.05) is 24.3 Å². The highest BCUT2D eigenvalue weighted by Gasteiger charge is 2.34. The first-order valence-corrected chi connectivity index (χ1v) is 9.86. The summed E-state index contributed by atoms with van der Waals surface area (Å²) in [5, 5.41) is -0.314. The molecule has 8 heteroatoms. The second-order valence-electron chi connectivity index (χ2n) is 6.64. The fraction of sp³-hybridized carbons (Fsp3) is 0.190. The SMILES string of the molecule is Cn1c(=O)n(C)c2cc(/C=C3\SC(=O)N(CCOc4ccccc4)C3=O)ccc21. The number of amides is 2. The standard InChI is InChI=1S/C21H19N3O4S/c1-22-16-9-8-14(12-17(16)23(2)20(22)26)13-18-19(25)24(21(27)29-18)10-11-28-15-6-4-3-5-7-15/h3-9,12-13H,10-11H2,1-2H3/b18-13-. The van der Waals surface area contributed by atoms with E-state index in [-0.39, 0.29) is 30.0 Å². The smallest absolute Gasteiger partial charge is 0.328 e. The van der Waals surface area contributed by atoms with E-state index < -0.39 is 0 Å². The number of imidazole rings is 1. The molecule has 3 aromatic rings. The average molecular weight is 409 g/mol. The van der Waals surface area contributed by atoms with Crippen LogP contribution in [-0.4, -0.2) is 38.3 Å². The average Bonchev–Trinajstić information content (AvgIpc) is 3.11. The molecule has 0 aliphatic carbocycles. The van der Waals surface area contributed by atoms with Gasteiger partial charge in [0, 0.05) is 14.1 Å². The van der Waals surface area contributed by atoms with E-state index in [2.05, 4.69) is 0 Å². The quantitative estimate of drug-likeness (QED) is 0.606. The van der Waals surface area contributed by atoms with Crippen molar-refractivity contribution >= 4 is 40.0 Å². The van der Waals surface area contributed by atoms with E-state index in [1.807, 2.05) is 48.5 Å². The molecule has 2 heterocycles. The summed E-state index contributed by atoms with van der Waals surface area (Å²) in [5.74, 6) is 0.357. The Morgan fingerprint density at radius 2 is 1.69 bits per heavy atom. The molecule has 7 nitrogen and oxygen atoms in total. The van der Waals surface area contributed by atoms with Gasteiger partial charge in [0.15, 0.2) is 0 Å². The predicted octanol–water partition coefficient (Wildman–Crippen LogP) is 2.99. The fourth-order valence-electron chi connectivity index (χ4n) is 3.23. The molecule has 0 saturated carbocycles. The first kappa shape index (κ1) is 19.1. The van der Waals surface area contributed by atoms with E-state index in [1.54, 1.807) is 29.3 Å². The Bertz CT molecular complexity index is 1190. The number of carbonyl (C=O) groups is 2. The van der Waals surface area contributed by atoms with Crippen LogP contribution in [0.5, 0.6) is 5.75 Å². The van der Waals surface area contributed by atoms with E-state index in [4.69, 9.17) is 4.74 Å². The Hall–Kier alpha value is -3.26. The van der Waals surface area contributed by atoms with Gasteiger partial charge in [0.25, 0.3) is 11.1 Å². The summed E-state index contributed by atoms with van der Waals surface area (Å²) >= 11 is 0.910. The van der Waals surface area contributed by atoms with Crippen LogP contribution in [0.1, 0.15) is 5.56 Å². The first-order valence-electron chi connectivity index (χ1n) is 9.04. The number of para-hydroxylation sites is 1. The van der Waals surface area contributed by atoms with Crippen molar-refractivity contribution in [1.82, 2.24) is 14.0 Å². The van der Waals surface area contributed by atoms with Crippen molar-refractivity contribution in [3.63, 3.8) is 0 Å². The minimum atomic E-state index is -0.335. The van der Waals surface area contributed by atoms with Gasteiger partial charge in [-0.15, -0.1) is 0 Å². The van der Waals surface area contributed by atoms with Crippen LogP contribution in [0.2, 0.25) is 0 Å². The Balaban J connectivity index is 1.50. The molecule has 29 heavy (non-hydrogen) atoms. The number of benzene rings is 2. The molecular weight excluding hydrogens is 390 g/mol. The molecule has 1 fully saturated rings. The normalized spacial score (nSPS) is 15.7. The molecule has 0 radical (unpaired) electrons. The van der Waals surface area contributed by atoms with Crippen molar-refractivity contribution in [3.05, 3.63) is 69.5 Å². The molecule has 1 saturated heterocycles. The van der Waals surface area contributed by atoms with Crippen LogP contribution < -0.4 is 10.4 Å². The molecule has 1 aliphatic heterocycles. The molecule has 0 atom stereocenters. The predicted molar refractivity (Wildman–Crippen MR) is 113 cm³/mol. The summed E-state index contributed by atoms with van der Waals surface area (Å²) in [4.78, 5) is 38.5. The third-order valence-electron chi connectivity index (χ3n) is 4.79. The number of hydrogen-bond acceptors (Lipinski definition) is 5. The topological polar surface area (TPSA) is 73.5 Å². The van der Waals surface area contributed by atoms with E-state index in [0.29, 0.717) is 10.7 Å². The van der Waals surface area contributed by atoms with Crippen molar-refractivity contribution in [1.29, 1.82) is 0 Å². The fourth-order valence-corrected chi connectivity index (χ4v) is 4.09. The zero-order valence-electron chi connectivity index (χ0n) is 16.0. The second-order valence-corrected chi connectivity index (χ2v) is 7.64. The van der Waals surface area contributed by atoms with Crippen molar-refractivity contribution in [3.8, 4) is 5.75 Å². The largest absolute Gasteiger partial charge is 0.492 e. The highest BCUT2D eigenvalue weighted by Crippen LogP contribution is 2.32. The summed E-state index contributed by atoms with van der Waals surface area (Å²) in [6.45, 7) is 0.413. The minimum Gasteiger partial charge on any atom is -0.492 e. The maximum absolute atomic E-state index is 12.7. The molecule has 0 spiro atoms. The highest BCUT2D eigenvalue weighted by molar-refractivity contribution is 8.18. The van der Waals surface area contributed by atoms with Crippen LogP contribution >= 0.6 is 11.8 Å². The summed E-state index contributed by atoms with van der Waals surface area (Å²) in [7, 11) is 3.42. The molecule has 0 N–H and O–H groups in total. The number of imide groups is 1.